The van der Waals surface area contributed by atoms with Gasteiger partial charge in [0.25, 0.3) is 0 Å². The predicted octanol–water partition coefficient (Wildman–Crippen LogP) is 6.76. The molecule has 0 saturated heterocycles. The molecule has 128 valence electrons. The molecular weight excluding hydrogens is 304 g/mol. The van der Waals surface area contributed by atoms with Crippen molar-refractivity contribution in [3.63, 3.8) is 0 Å². The first kappa shape index (κ1) is 23.2. The summed E-state index contributed by atoms with van der Waals surface area (Å²) in [5, 5.41) is 0. The molecule has 1 aromatic carbocycles. The van der Waals surface area contributed by atoms with E-state index < -0.39 is 18.3 Å². The lowest BCUT2D eigenvalue weighted by molar-refractivity contribution is 0.482. The Morgan fingerprint density at radius 1 is 1.09 bits per heavy atom. The van der Waals surface area contributed by atoms with Gasteiger partial charge in [0.2, 0.25) is 0 Å². The molecule has 0 bridgehead atoms. The number of benzene rings is 1. The number of rotatable bonds is 2. The number of halogens is 4. The minimum absolute atomic E-state index is 0.338. The Labute approximate surface area is 136 Å². The second kappa shape index (κ2) is 13.6. The van der Waals surface area contributed by atoms with Gasteiger partial charge in [-0.1, -0.05) is 12.1 Å². The maximum Gasteiger partial charge on any atom is 0.126 e. The summed E-state index contributed by atoms with van der Waals surface area (Å²) >= 11 is 0. The summed E-state index contributed by atoms with van der Waals surface area (Å²) in [6, 6.07) is 4.37. The molecule has 0 aliphatic rings. The van der Waals surface area contributed by atoms with E-state index in [-0.39, 0.29) is 5.82 Å². The van der Waals surface area contributed by atoms with Gasteiger partial charge in [0.1, 0.15) is 18.3 Å². The Kier molecular flexibility index (Phi) is 13.8. The molecule has 0 unspecified atom stereocenters. The molecule has 0 spiro atoms. The fourth-order valence-corrected chi connectivity index (χ4v) is 1.04. The van der Waals surface area contributed by atoms with Crippen LogP contribution < -0.4 is 0 Å². The summed E-state index contributed by atoms with van der Waals surface area (Å²) in [6.07, 6.45) is 0.870. The van der Waals surface area contributed by atoms with Crippen molar-refractivity contribution in [1.82, 2.24) is 0 Å². The van der Waals surface area contributed by atoms with Gasteiger partial charge < -0.3 is 0 Å². The van der Waals surface area contributed by atoms with E-state index in [9.17, 15) is 17.6 Å². The van der Waals surface area contributed by atoms with E-state index in [1.54, 1.807) is 32.9 Å². The molecule has 23 heavy (non-hydrogen) atoms. The number of aryl methyl sites for hydroxylation is 1. The molecule has 0 radical (unpaired) electrons. The molecule has 0 amide bonds. The fourth-order valence-electron chi connectivity index (χ4n) is 1.04. The summed E-state index contributed by atoms with van der Waals surface area (Å²) in [5.74, 6) is 4.03. The fraction of sp³-hybridized carbons (Fsp3) is 0.368. The molecule has 0 N–H and O–H groups in total. The van der Waals surface area contributed by atoms with Crippen LogP contribution in [0.15, 0.2) is 41.5 Å². The molecule has 4 heteroatoms. The van der Waals surface area contributed by atoms with E-state index >= 15 is 0 Å². The zero-order chi connectivity index (χ0) is 18.4. The minimum atomic E-state index is -0.600. The predicted molar refractivity (Wildman–Crippen MR) is 89.4 cm³/mol. The minimum Gasteiger partial charge on any atom is -0.246 e. The molecule has 0 saturated carbocycles. The van der Waals surface area contributed by atoms with Crippen LogP contribution in [0.5, 0.6) is 0 Å². The smallest absolute Gasteiger partial charge is 0.126 e. The summed E-state index contributed by atoms with van der Waals surface area (Å²) < 4.78 is 48.7. The summed E-state index contributed by atoms with van der Waals surface area (Å²) in [5.41, 5.74) is 1.44. The van der Waals surface area contributed by atoms with Crippen LogP contribution in [0.4, 0.5) is 17.6 Å². The van der Waals surface area contributed by atoms with E-state index in [4.69, 9.17) is 0 Å². The Bertz CT molecular complexity index is 573. The van der Waals surface area contributed by atoms with Crippen molar-refractivity contribution >= 4 is 0 Å². The van der Waals surface area contributed by atoms with E-state index in [1.165, 1.54) is 13.0 Å². The molecular formula is C19H24F4. The largest absolute Gasteiger partial charge is 0.246 e. The maximum absolute atomic E-state index is 12.6. The van der Waals surface area contributed by atoms with Crippen LogP contribution in [0.3, 0.4) is 0 Å². The average molecular weight is 328 g/mol. The van der Waals surface area contributed by atoms with Crippen molar-refractivity contribution in [3.8, 4) is 11.8 Å². The lowest BCUT2D eigenvalue weighted by Gasteiger charge is -1.96. The molecule has 0 nitrogen and oxygen atoms in total. The SMILES string of the molecule is CC#CC.CC(C)=C(F)/C=C(\C)F.Cc1ccc(CF)cc1F. The monoisotopic (exact) mass is 328 g/mol. The normalized spacial score (nSPS) is 9.39. The van der Waals surface area contributed by atoms with Gasteiger partial charge in [-0.05, 0) is 64.3 Å². The zero-order valence-corrected chi connectivity index (χ0v) is 14.5. The van der Waals surface area contributed by atoms with Gasteiger partial charge in [-0.2, -0.15) is 0 Å². The van der Waals surface area contributed by atoms with Gasteiger partial charge in [-0.25, -0.2) is 17.6 Å². The summed E-state index contributed by atoms with van der Waals surface area (Å²) in [6.45, 7) is 9.08. The van der Waals surface area contributed by atoms with E-state index in [0.29, 0.717) is 16.7 Å². The van der Waals surface area contributed by atoms with Gasteiger partial charge >= 0.3 is 0 Å². The standard InChI is InChI=1S/C8H8F2.C7H10F2.C4H6/c1-6-2-3-7(5-9)4-8(6)10;1-5(2)7(9)4-6(3)8;1-3-4-2/h2-4H,5H2,1H3;4H,1-3H3;1-2H3/b;6-4+;. The Balaban J connectivity index is 0. The van der Waals surface area contributed by atoms with Crippen molar-refractivity contribution in [2.75, 3.05) is 0 Å². The van der Waals surface area contributed by atoms with Crippen LogP contribution in [0.25, 0.3) is 0 Å². The van der Waals surface area contributed by atoms with Crippen molar-refractivity contribution < 1.29 is 17.6 Å². The third kappa shape index (κ3) is 13.4. The van der Waals surface area contributed by atoms with Crippen LogP contribution in [0.2, 0.25) is 0 Å². The first-order valence-corrected chi connectivity index (χ1v) is 7.00. The highest BCUT2D eigenvalue weighted by molar-refractivity contribution is 5.22. The highest BCUT2D eigenvalue weighted by Crippen LogP contribution is 2.10. The topological polar surface area (TPSA) is 0 Å². The van der Waals surface area contributed by atoms with Gasteiger partial charge in [0, 0.05) is 6.08 Å². The van der Waals surface area contributed by atoms with Crippen LogP contribution in [-0.2, 0) is 6.67 Å². The molecule has 0 aromatic heterocycles. The zero-order valence-electron chi connectivity index (χ0n) is 14.5. The number of hydrogen-bond donors (Lipinski definition) is 0. The van der Waals surface area contributed by atoms with E-state index in [0.717, 1.165) is 6.08 Å². The van der Waals surface area contributed by atoms with Gasteiger partial charge in [0.15, 0.2) is 0 Å². The van der Waals surface area contributed by atoms with Crippen molar-refractivity contribution in [2.24, 2.45) is 0 Å². The number of allylic oxidation sites excluding steroid dienone is 4. The Morgan fingerprint density at radius 2 is 1.61 bits per heavy atom. The first-order chi connectivity index (χ1) is 10.7. The number of hydrogen-bond acceptors (Lipinski definition) is 0. The molecule has 0 atom stereocenters. The lowest BCUT2D eigenvalue weighted by atomic mass is 10.1. The van der Waals surface area contributed by atoms with Gasteiger partial charge in [-0.3, -0.25) is 0 Å². The lowest BCUT2D eigenvalue weighted by Crippen LogP contribution is -1.84. The summed E-state index contributed by atoms with van der Waals surface area (Å²) in [7, 11) is 0. The average Bonchev–Trinajstić information content (AvgIpc) is 2.50. The Morgan fingerprint density at radius 3 is 1.87 bits per heavy atom. The van der Waals surface area contributed by atoms with Crippen LogP contribution >= 0.6 is 0 Å². The molecule has 1 rings (SSSR count). The third-order valence-corrected chi connectivity index (χ3v) is 2.44. The first-order valence-electron chi connectivity index (χ1n) is 7.00. The highest BCUT2D eigenvalue weighted by Gasteiger charge is 1.97. The van der Waals surface area contributed by atoms with E-state index in [2.05, 4.69) is 11.8 Å². The van der Waals surface area contributed by atoms with Gasteiger partial charge in [-0.15, -0.1) is 11.8 Å². The van der Waals surface area contributed by atoms with Crippen molar-refractivity contribution in [1.29, 1.82) is 0 Å². The summed E-state index contributed by atoms with van der Waals surface area (Å²) in [4.78, 5) is 0. The Hall–Kier alpha value is -2.02. The highest BCUT2D eigenvalue weighted by atomic mass is 19.1. The van der Waals surface area contributed by atoms with Crippen LogP contribution in [-0.4, -0.2) is 0 Å². The third-order valence-electron chi connectivity index (χ3n) is 2.44. The van der Waals surface area contributed by atoms with Crippen molar-refractivity contribution in [3.05, 3.63) is 58.4 Å². The second-order valence-corrected chi connectivity index (χ2v) is 4.80. The van der Waals surface area contributed by atoms with Gasteiger partial charge in [0.05, 0.1) is 5.83 Å². The van der Waals surface area contributed by atoms with Crippen molar-refractivity contribution in [2.45, 2.75) is 48.2 Å². The second-order valence-electron chi connectivity index (χ2n) is 4.80. The maximum atomic E-state index is 12.6. The van der Waals surface area contributed by atoms with Crippen LogP contribution in [0, 0.1) is 24.6 Å². The molecule has 1 aromatic rings. The van der Waals surface area contributed by atoms with E-state index in [1.807, 2.05) is 13.8 Å². The molecule has 0 heterocycles. The molecule has 0 aliphatic heterocycles. The molecule has 0 aliphatic carbocycles. The molecule has 0 fully saturated rings. The quantitative estimate of drug-likeness (QED) is 0.320. The van der Waals surface area contributed by atoms with Crippen LogP contribution in [0.1, 0.15) is 45.7 Å². The number of alkyl halides is 1.